The van der Waals surface area contributed by atoms with E-state index in [-0.39, 0.29) is 30.2 Å². The number of hydrogen-bond acceptors (Lipinski definition) is 2. The number of carbonyl (C=O) groups is 1. The largest absolute Gasteiger partial charge is 0.396 e. The molecule has 4 heteroatoms. The summed E-state index contributed by atoms with van der Waals surface area (Å²) >= 11 is 0. The molecule has 0 fully saturated rings. The quantitative estimate of drug-likeness (QED) is 0.796. The highest BCUT2D eigenvalue weighted by molar-refractivity contribution is 5.78. The van der Waals surface area contributed by atoms with Crippen LogP contribution in [0.2, 0.25) is 0 Å². The van der Waals surface area contributed by atoms with Gasteiger partial charge in [0.25, 0.3) is 0 Å². The van der Waals surface area contributed by atoms with E-state index in [1.165, 1.54) is 12.1 Å². The lowest BCUT2D eigenvalue weighted by Gasteiger charge is -2.29. The monoisotopic (exact) mass is 267 g/mol. The van der Waals surface area contributed by atoms with Gasteiger partial charge in [-0.15, -0.1) is 0 Å². The van der Waals surface area contributed by atoms with E-state index in [1.54, 1.807) is 12.1 Å². The van der Waals surface area contributed by atoms with Crippen LogP contribution in [-0.2, 0) is 11.2 Å². The van der Waals surface area contributed by atoms with Crippen molar-refractivity contribution in [1.82, 2.24) is 5.32 Å². The first-order valence-electron chi connectivity index (χ1n) is 6.67. The van der Waals surface area contributed by atoms with Crippen LogP contribution in [0.1, 0.15) is 32.3 Å². The summed E-state index contributed by atoms with van der Waals surface area (Å²) in [5.41, 5.74) is 0.542. The van der Waals surface area contributed by atoms with Crippen molar-refractivity contribution in [2.45, 2.75) is 33.1 Å². The van der Waals surface area contributed by atoms with Crippen molar-refractivity contribution < 1.29 is 14.3 Å². The zero-order valence-corrected chi connectivity index (χ0v) is 11.6. The Kier molecular flexibility index (Phi) is 5.96. The maximum atomic E-state index is 12.7. The van der Waals surface area contributed by atoms with E-state index >= 15 is 0 Å². The summed E-state index contributed by atoms with van der Waals surface area (Å²) in [7, 11) is 0. The SMILES string of the molecule is CCC(CC)(CO)CNC(=O)Cc1ccc(F)cc1. The number of aliphatic hydroxyl groups excluding tert-OH is 1. The highest BCUT2D eigenvalue weighted by atomic mass is 19.1. The second-order valence-electron chi connectivity index (χ2n) is 4.95. The van der Waals surface area contributed by atoms with Crippen molar-refractivity contribution in [1.29, 1.82) is 0 Å². The minimum atomic E-state index is -0.305. The van der Waals surface area contributed by atoms with Gasteiger partial charge >= 0.3 is 0 Å². The highest BCUT2D eigenvalue weighted by Crippen LogP contribution is 2.24. The third-order valence-corrected chi connectivity index (χ3v) is 3.77. The molecule has 3 nitrogen and oxygen atoms in total. The van der Waals surface area contributed by atoms with Gasteiger partial charge in [0.05, 0.1) is 13.0 Å². The van der Waals surface area contributed by atoms with Crippen LogP contribution in [0.3, 0.4) is 0 Å². The molecule has 1 rings (SSSR count). The molecule has 0 spiro atoms. The fraction of sp³-hybridized carbons (Fsp3) is 0.533. The molecule has 0 radical (unpaired) electrons. The molecule has 1 aromatic rings. The van der Waals surface area contributed by atoms with Crippen LogP contribution in [0.5, 0.6) is 0 Å². The normalized spacial score (nSPS) is 11.4. The molecule has 0 bridgehead atoms. The summed E-state index contributed by atoms with van der Waals surface area (Å²) in [4.78, 5) is 11.8. The molecule has 0 saturated carbocycles. The van der Waals surface area contributed by atoms with Crippen LogP contribution in [0.4, 0.5) is 4.39 Å². The smallest absolute Gasteiger partial charge is 0.224 e. The van der Waals surface area contributed by atoms with Crippen molar-refractivity contribution >= 4 is 5.91 Å². The Morgan fingerprint density at radius 2 is 1.84 bits per heavy atom. The van der Waals surface area contributed by atoms with E-state index < -0.39 is 0 Å². The molecule has 0 unspecified atom stereocenters. The first-order chi connectivity index (χ1) is 9.05. The molecule has 0 saturated heterocycles. The predicted molar refractivity (Wildman–Crippen MR) is 73.2 cm³/mol. The second kappa shape index (κ2) is 7.24. The van der Waals surface area contributed by atoms with Crippen molar-refractivity contribution in [3.05, 3.63) is 35.6 Å². The molecule has 0 aromatic heterocycles. The summed E-state index contributed by atoms with van der Waals surface area (Å²) in [6.07, 6.45) is 1.86. The van der Waals surface area contributed by atoms with Crippen LogP contribution in [0.25, 0.3) is 0 Å². The zero-order chi connectivity index (χ0) is 14.3. The van der Waals surface area contributed by atoms with Crippen LogP contribution >= 0.6 is 0 Å². The molecular weight excluding hydrogens is 245 g/mol. The molecule has 0 aliphatic heterocycles. The lowest BCUT2D eigenvalue weighted by Crippen LogP contribution is -2.39. The average Bonchev–Trinajstić information content (AvgIpc) is 2.44. The first-order valence-corrected chi connectivity index (χ1v) is 6.67. The Bertz CT molecular complexity index is 391. The highest BCUT2D eigenvalue weighted by Gasteiger charge is 2.25. The third-order valence-electron chi connectivity index (χ3n) is 3.77. The summed E-state index contributed by atoms with van der Waals surface area (Å²) in [5.74, 6) is -0.410. The van der Waals surface area contributed by atoms with Crippen molar-refractivity contribution in [2.75, 3.05) is 13.2 Å². The van der Waals surface area contributed by atoms with E-state index in [2.05, 4.69) is 5.32 Å². The minimum absolute atomic E-state index is 0.0663. The van der Waals surface area contributed by atoms with Crippen molar-refractivity contribution in [2.24, 2.45) is 5.41 Å². The third kappa shape index (κ3) is 4.63. The Hall–Kier alpha value is -1.42. The standard InChI is InChI=1S/C15H22FNO2/c1-3-15(4-2,11-18)10-17-14(19)9-12-5-7-13(16)8-6-12/h5-8,18H,3-4,9-11H2,1-2H3,(H,17,19). The number of rotatable bonds is 7. The lowest BCUT2D eigenvalue weighted by atomic mass is 9.83. The van der Waals surface area contributed by atoms with Gasteiger partial charge in [0.15, 0.2) is 0 Å². The van der Waals surface area contributed by atoms with E-state index in [0.29, 0.717) is 6.54 Å². The Labute approximate surface area is 113 Å². The van der Waals surface area contributed by atoms with Gasteiger partial charge in [-0.05, 0) is 30.5 Å². The Balaban J connectivity index is 2.49. The number of nitrogens with one attached hydrogen (secondary N) is 1. The van der Waals surface area contributed by atoms with E-state index in [1.807, 2.05) is 13.8 Å². The average molecular weight is 267 g/mol. The van der Waals surface area contributed by atoms with Gasteiger partial charge in [0, 0.05) is 12.0 Å². The van der Waals surface area contributed by atoms with Crippen molar-refractivity contribution in [3.63, 3.8) is 0 Å². The van der Waals surface area contributed by atoms with Crippen LogP contribution < -0.4 is 5.32 Å². The van der Waals surface area contributed by atoms with Crippen LogP contribution in [0.15, 0.2) is 24.3 Å². The topological polar surface area (TPSA) is 49.3 Å². The molecule has 106 valence electrons. The molecule has 0 aliphatic rings. The van der Waals surface area contributed by atoms with Crippen molar-refractivity contribution in [3.8, 4) is 0 Å². The number of benzene rings is 1. The maximum Gasteiger partial charge on any atom is 0.224 e. The number of carbonyl (C=O) groups excluding carboxylic acids is 1. The van der Waals surface area contributed by atoms with Gasteiger partial charge in [-0.3, -0.25) is 4.79 Å². The fourth-order valence-electron chi connectivity index (χ4n) is 1.92. The molecule has 1 amide bonds. The zero-order valence-electron chi connectivity index (χ0n) is 11.6. The number of hydrogen-bond donors (Lipinski definition) is 2. The van der Waals surface area contributed by atoms with Gasteiger partial charge in [0.2, 0.25) is 5.91 Å². The molecule has 0 heterocycles. The summed E-state index contributed by atoms with van der Waals surface area (Å²) < 4.78 is 12.7. The summed E-state index contributed by atoms with van der Waals surface area (Å²) in [5, 5.41) is 12.3. The fourth-order valence-corrected chi connectivity index (χ4v) is 1.92. The van der Waals surface area contributed by atoms with Crippen LogP contribution in [0, 0.1) is 11.2 Å². The summed E-state index contributed by atoms with van der Waals surface area (Å²) in [6.45, 7) is 4.55. The second-order valence-corrected chi connectivity index (χ2v) is 4.95. The lowest BCUT2D eigenvalue weighted by molar-refractivity contribution is -0.121. The molecule has 19 heavy (non-hydrogen) atoms. The molecular formula is C15H22FNO2. The van der Waals surface area contributed by atoms with Gasteiger partial charge in [-0.2, -0.15) is 0 Å². The molecule has 1 aromatic carbocycles. The van der Waals surface area contributed by atoms with E-state index in [4.69, 9.17) is 0 Å². The van der Waals surface area contributed by atoms with Gasteiger partial charge < -0.3 is 10.4 Å². The van der Waals surface area contributed by atoms with Gasteiger partial charge in [-0.25, -0.2) is 4.39 Å². The minimum Gasteiger partial charge on any atom is -0.396 e. The molecule has 0 atom stereocenters. The van der Waals surface area contributed by atoms with E-state index in [9.17, 15) is 14.3 Å². The maximum absolute atomic E-state index is 12.7. The number of aliphatic hydroxyl groups is 1. The summed E-state index contributed by atoms with van der Waals surface area (Å²) in [6, 6.07) is 5.90. The molecule has 0 aliphatic carbocycles. The number of halogens is 1. The van der Waals surface area contributed by atoms with E-state index in [0.717, 1.165) is 18.4 Å². The Morgan fingerprint density at radius 1 is 1.26 bits per heavy atom. The predicted octanol–water partition coefficient (Wildman–Crippen LogP) is 2.28. The number of amides is 1. The molecule has 2 N–H and O–H groups in total. The first kappa shape index (κ1) is 15.6. The Morgan fingerprint density at radius 3 is 2.32 bits per heavy atom. The van der Waals surface area contributed by atoms with Gasteiger partial charge in [0.1, 0.15) is 5.82 Å². The van der Waals surface area contributed by atoms with Gasteiger partial charge in [-0.1, -0.05) is 26.0 Å². The van der Waals surface area contributed by atoms with Crippen LogP contribution in [-0.4, -0.2) is 24.2 Å².